The van der Waals surface area contributed by atoms with Gasteiger partial charge in [0.2, 0.25) is 5.91 Å². The van der Waals surface area contributed by atoms with E-state index in [2.05, 4.69) is 19.2 Å². The number of hydrogen-bond acceptors (Lipinski definition) is 3. The van der Waals surface area contributed by atoms with Crippen molar-refractivity contribution in [2.45, 2.75) is 31.7 Å². The van der Waals surface area contributed by atoms with E-state index >= 15 is 0 Å². The van der Waals surface area contributed by atoms with Gasteiger partial charge in [-0.05, 0) is 31.0 Å². The second kappa shape index (κ2) is 6.90. The van der Waals surface area contributed by atoms with E-state index in [-0.39, 0.29) is 11.9 Å². The molecule has 3 nitrogen and oxygen atoms in total. The maximum Gasteiger partial charge on any atom is 0.230 e. The molecule has 1 unspecified atom stereocenters. The number of halogens is 1. The molecule has 0 bridgehead atoms. The molecular weight excluding hydrogens is 268 g/mol. The van der Waals surface area contributed by atoms with Crippen LogP contribution in [0.1, 0.15) is 20.8 Å². The first-order valence-corrected chi connectivity index (χ1v) is 7.23. The highest BCUT2D eigenvalue weighted by Gasteiger charge is 2.11. The van der Waals surface area contributed by atoms with E-state index in [0.29, 0.717) is 22.4 Å². The van der Waals surface area contributed by atoms with E-state index in [1.165, 1.54) is 11.8 Å². The van der Waals surface area contributed by atoms with E-state index < -0.39 is 0 Å². The lowest BCUT2D eigenvalue weighted by Crippen LogP contribution is -2.37. The zero-order valence-corrected chi connectivity index (χ0v) is 12.4. The summed E-state index contributed by atoms with van der Waals surface area (Å²) in [6.07, 6.45) is 0. The van der Waals surface area contributed by atoms with Crippen LogP contribution in [0.5, 0.6) is 0 Å². The standard InChI is InChI=1S/C13H19ClN2OS/c1-8(2)9(3)16-13(17)7-18-12-5-4-10(15)6-11(12)14/h4-6,8-9H,7,15H2,1-3H3,(H,16,17). The Bertz CT molecular complexity index is 423. The first kappa shape index (κ1) is 15.2. The minimum atomic E-state index is 0.0223. The van der Waals surface area contributed by atoms with Crippen molar-refractivity contribution in [3.8, 4) is 0 Å². The van der Waals surface area contributed by atoms with Crippen LogP contribution >= 0.6 is 23.4 Å². The third-order valence-corrected chi connectivity index (χ3v) is 4.20. The Morgan fingerprint density at radius 3 is 2.67 bits per heavy atom. The first-order valence-electron chi connectivity index (χ1n) is 5.87. The lowest BCUT2D eigenvalue weighted by atomic mass is 10.1. The van der Waals surface area contributed by atoms with Gasteiger partial charge in [0.15, 0.2) is 0 Å². The van der Waals surface area contributed by atoms with Crippen LogP contribution in [0.3, 0.4) is 0 Å². The van der Waals surface area contributed by atoms with Crippen molar-refractivity contribution in [3.63, 3.8) is 0 Å². The van der Waals surface area contributed by atoms with Crippen LogP contribution in [0.15, 0.2) is 23.1 Å². The average molecular weight is 287 g/mol. The van der Waals surface area contributed by atoms with Gasteiger partial charge in [-0.3, -0.25) is 4.79 Å². The Balaban J connectivity index is 2.47. The molecule has 0 saturated carbocycles. The molecule has 18 heavy (non-hydrogen) atoms. The van der Waals surface area contributed by atoms with E-state index in [0.717, 1.165) is 4.90 Å². The molecule has 1 aromatic carbocycles. The first-order chi connectivity index (χ1) is 8.40. The number of nitrogens with one attached hydrogen (secondary N) is 1. The number of rotatable bonds is 5. The molecule has 0 heterocycles. The monoisotopic (exact) mass is 286 g/mol. The number of nitrogens with two attached hydrogens (primary N) is 1. The molecule has 1 atom stereocenters. The third-order valence-electron chi connectivity index (χ3n) is 2.70. The zero-order valence-electron chi connectivity index (χ0n) is 10.9. The minimum absolute atomic E-state index is 0.0223. The van der Waals surface area contributed by atoms with Crippen LogP contribution in [0.4, 0.5) is 5.69 Å². The molecule has 0 aromatic heterocycles. The number of carbonyl (C=O) groups is 1. The van der Waals surface area contributed by atoms with E-state index in [4.69, 9.17) is 17.3 Å². The molecule has 0 fully saturated rings. The highest BCUT2D eigenvalue weighted by Crippen LogP contribution is 2.28. The van der Waals surface area contributed by atoms with Gasteiger partial charge >= 0.3 is 0 Å². The molecule has 0 aliphatic rings. The predicted molar refractivity (Wildman–Crippen MR) is 79.0 cm³/mol. The quantitative estimate of drug-likeness (QED) is 0.646. The highest BCUT2D eigenvalue weighted by atomic mass is 35.5. The number of amides is 1. The average Bonchev–Trinajstić information content (AvgIpc) is 2.27. The number of thioether (sulfide) groups is 1. The summed E-state index contributed by atoms with van der Waals surface area (Å²) in [7, 11) is 0. The summed E-state index contributed by atoms with van der Waals surface area (Å²) >= 11 is 7.45. The number of anilines is 1. The van der Waals surface area contributed by atoms with Crippen molar-refractivity contribution in [3.05, 3.63) is 23.2 Å². The van der Waals surface area contributed by atoms with Gasteiger partial charge in [0.1, 0.15) is 0 Å². The molecule has 0 spiro atoms. The summed E-state index contributed by atoms with van der Waals surface area (Å²) in [6.45, 7) is 6.16. The number of nitrogen functional groups attached to an aromatic ring is 1. The molecule has 1 rings (SSSR count). The van der Waals surface area contributed by atoms with Crippen LogP contribution in [0.25, 0.3) is 0 Å². The smallest absolute Gasteiger partial charge is 0.230 e. The van der Waals surface area contributed by atoms with Gasteiger partial charge < -0.3 is 11.1 Å². The maximum absolute atomic E-state index is 11.7. The molecule has 0 aliphatic carbocycles. The van der Waals surface area contributed by atoms with E-state index in [9.17, 15) is 4.79 Å². The molecule has 0 saturated heterocycles. The summed E-state index contributed by atoms with van der Waals surface area (Å²) in [4.78, 5) is 12.6. The van der Waals surface area contributed by atoms with Crippen LogP contribution in [0.2, 0.25) is 5.02 Å². The molecule has 0 aliphatic heterocycles. The highest BCUT2D eigenvalue weighted by molar-refractivity contribution is 8.00. The van der Waals surface area contributed by atoms with Gasteiger partial charge in [-0.2, -0.15) is 0 Å². The Labute approximate surface area is 117 Å². The lowest BCUT2D eigenvalue weighted by molar-refractivity contribution is -0.119. The largest absolute Gasteiger partial charge is 0.399 e. The molecule has 1 amide bonds. The topological polar surface area (TPSA) is 55.1 Å². The van der Waals surface area contributed by atoms with Crippen LogP contribution in [0, 0.1) is 5.92 Å². The van der Waals surface area contributed by atoms with Gasteiger partial charge in [-0.1, -0.05) is 25.4 Å². The van der Waals surface area contributed by atoms with Crippen molar-refractivity contribution in [2.24, 2.45) is 5.92 Å². The Morgan fingerprint density at radius 1 is 1.44 bits per heavy atom. The SMILES string of the molecule is CC(C)C(C)NC(=O)CSc1ccc(N)cc1Cl. The van der Waals surface area contributed by atoms with Crippen molar-refractivity contribution in [1.29, 1.82) is 0 Å². The Morgan fingerprint density at radius 2 is 2.11 bits per heavy atom. The molecule has 0 radical (unpaired) electrons. The fourth-order valence-corrected chi connectivity index (χ4v) is 2.32. The fraction of sp³-hybridized carbons (Fsp3) is 0.462. The van der Waals surface area contributed by atoms with Crippen LogP contribution in [-0.4, -0.2) is 17.7 Å². The number of hydrogen-bond donors (Lipinski definition) is 2. The van der Waals surface area contributed by atoms with Gasteiger partial charge in [0.05, 0.1) is 10.8 Å². The summed E-state index contributed by atoms with van der Waals surface area (Å²) in [6, 6.07) is 5.49. The predicted octanol–water partition coefficient (Wildman–Crippen LogP) is 3.18. The normalized spacial score (nSPS) is 12.5. The van der Waals surface area contributed by atoms with E-state index in [1.54, 1.807) is 12.1 Å². The number of benzene rings is 1. The minimum Gasteiger partial charge on any atom is -0.399 e. The van der Waals surface area contributed by atoms with Crippen molar-refractivity contribution in [2.75, 3.05) is 11.5 Å². The molecule has 1 aromatic rings. The fourth-order valence-electron chi connectivity index (χ4n) is 1.24. The van der Waals surface area contributed by atoms with Crippen molar-refractivity contribution < 1.29 is 4.79 Å². The van der Waals surface area contributed by atoms with Crippen molar-refractivity contribution >= 4 is 35.0 Å². The number of carbonyl (C=O) groups excluding carboxylic acids is 1. The lowest BCUT2D eigenvalue weighted by Gasteiger charge is -2.17. The van der Waals surface area contributed by atoms with Crippen molar-refractivity contribution in [1.82, 2.24) is 5.32 Å². The Hall–Kier alpha value is -0.870. The summed E-state index contributed by atoms with van der Waals surface area (Å²) in [5, 5.41) is 3.54. The second-order valence-electron chi connectivity index (χ2n) is 4.58. The second-order valence-corrected chi connectivity index (χ2v) is 6.00. The van der Waals surface area contributed by atoms with Gasteiger partial charge in [-0.15, -0.1) is 11.8 Å². The summed E-state index contributed by atoms with van der Waals surface area (Å²) in [5.74, 6) is 0.814. The van der Waals surface area contributed by atoms with Gasteiger partial charge in [-0.25, -0.2) is 0 Å². The Kier molecular flexibility index (Phi) is 5.82. The van der Waals surface area contributed by atoms with Gasteiger partial charge in [0, 0.05) is 16.6 Å². The van der Waals surface area contributed by atoms with Gasteiger partial charge in [0.25, 0.3) is 0 Å². The maximum atomic E-state index is 11.7. The molecule has 100 valence electrons. The third kappa shape index (κ3) is 4.78. The molecule has 5 heteroatoms. The van der Waals surface area contributed by atoms with E-state index in [1.807, 2.05) is 13.0 Å². The zero-order chi connectivity index (χ0) is 13.7. The van der Waals surface area contributed by atoms with Crippen LogP contribution < -0.4 is 11.1 Å². The summed E-state index contributed by atoms with van der Waals surface area (Å²) < 4.78 is 0. The molecule has 3 N–H and O–H groups in total. The van der Waals surface area contributed by atoms with Crippen LogP contribution in [-0.2, 0) is 4.79 Å². The molecular formula is C13H19ClN2OS. The summed E-state index contributed by atoms with van der Waals surface area (Å²) in [5.41, 5.74) is 6.24.